The lowest BCUT2D eigenvalue weighted by Gasteiger charge is -2.06. The molecule has 0 aliphatic carbocycles. The van der Waals surface area contributed by atoms with Crippen LogP contribution >= 0.6 is 0 Å². The van der Waals surface area contributed by atoms with Crippen LogP contribution < -0.4 is 9.47 Å². The van der Waals surface area contributed by atoms with Crippen LogP contribution in [0, 0.1) is 22.7 Å². The first-order chi connectivity index (χ1) is 11.7. The van der Waals surface area contributed by atoms with E-state index in [1.54, 1.807) is 48.5 Å². The summed E-state index contributed by atoms with van der Waals surface area (Å²) in [7, 11) is 1.47. The van der Waals surface area contributed by atoms with Crippen LogP contribution in [0.5, 0.6) is 11.5 Å². The first kappa shape index (κ1) is 16.8. The number of rotatable bonds is 6. The van der Waals surface area contributed by atoms with Crippen LogP contribution in [0.15, 0.2) is 54.1 Å². The van der Waals surface area contributed by atoms with E-state index < -0.39 is 5.78 Å². The quantitative estimate of drug-likeness (QED) is 0.463. The van der Waals surface area contributed by atoms with Crippen LogP contribution in [-0.2, 0) is 0 Å². The molecule has 0 saturated heterocycles. The summed E-state index contributed by atoms with van der Waals surface area (Å²) in [5.41, 5.74) is 1.02. The highest BCUT2D eigenvalue weighted by molar-refractivity contribution is 6.15. The van der Waals surface area contributed by atoms with Crippen LogP contribution in [0.25, 0.3) is 6.08 Å². The first-order valence-electron chi connectivity index (χ1n) is 7.09. The highest BCUT2D eigenvalue weighted by Crippen LogP contribution is 2.22. The molecule has 0 fully saturated rings. The smallest absolute Gasteiger partial charge is 0.207 e. The topological polar surface area (TPSA) is 83.1 Å². The molecule has 0 bridgehead atoms. The van der Waals surface area contributed by atoms with Crippen LogP contribution in [0.1, 0.15) is 15.9 Å². The molecule has 0 aromatic heterocycles. The van der Waals surface area contributed by atoms with Gasteiger partial charge in [0.1, 0.15) is 29.2 Å². The molecular formula is C19H14N2O3. The van der Waals surface area contributed by atoms with Crippen LogP contribution in [0.3, 0.4) is 0 Å². The molecule has 0 aliphatic rings. The average Bonchev–Trinajstić information content (AvgIpc) is 2.64. The fourth-order valence-corrected chi connectivity index (χ4v) is 2.07. The molecule has 0 atom stereocenters. The third kappa shape index (κ3) is 4.00. The molecule has 0 amide bonds. The summed E-state index contributed by atoms with van der Waals surface area (Å²) in [6, 6.07) is 17.3. The van der Waals surface area contributed by atoms with Crippen molar-refractivity contribution < 1.29 is 14.3 Å². The number of benzene rings is 2. The molecule has 0 unspecified atom stereocenters. The summed E-state index contributed by atoms with van der Waals surface area (Å²) < 4.78 is 10.3. The Labute approximate surface area is 140 Å². The molecule has 118 valence electrons. The SMILES string of the molecule is COc1ccccc1C(=O)/C(C#N)=C/c1ccc(OCC#N)cc1. The van der Waals surface area contributed by atoms with Gasteiger partial charge in [-0.1, -0.05) is 24.3 Å². The highest BCUT2D eigenvalue weighted by atomic mass is 16.5. The Bertz CT molecular complexity index is 840. The van der Waals surface area contributed by atoms with Gasteiger partial charge >= 0.3 is 0 Å². The summed E-state index contributed by atoms with van der Waals surface area (Å²) in [5.74, 6) is 0.562. The zero-order chi connectivity index (χ0) is 17.4. The number of nitriles is 2. The number of allylic oxidation sites excluding steroid dienone is 1. The van der Waals surface area contributed by atoms with Crippen molar-refractivity contribution in [2.24, 2.45) is 0 Å². The Balaban J connectivity index is 2.27. The number of hydrogen-bond donors (Lipinski definition) is 0. The second-order valence-corrected chi connectivity index (χ2v) is 4.72. The van der Waals surface area contributed by atoms with Gasteiger partial charge in [-0.2, -0.15) is 10.5 Å². The summed E-state index contributed by atoms with van der Waals surface area (Å²) >= 11 is 0. The number of carbonyl (C=O) groups is 1. The number of para-hydroxylation sites is 1. The summed E-state index contributed by atoms with van der Waals surface area (Å²) in [5, 5.41) is 17.8. The molecule has 2 rings (SSSR count). The molecule has 24 heavy (non-hydrogen) atoms. The van der Waals surface area contributed by atoms with Gasteiger partial charge < -0.3 is 9.47 Å². The molecule has 0 aliphatic heterocycles. The lowest BCUT2D eigenvalue weighted by molar-refractivity contribution is 0.103. The van der Waals surface area contributed by atoms with Gasteiger partial charge in [-0.25, -0.2) is 0 Å². The van der Waals surface area contributed by atoms with Crippen molar-refractivity contribution in [3.05, 3.63) is 65.2 Å². The van der Waals surface area contributed by atoms with Crippen molar-refractivity contribution in [3.63, 3.8) is 0 Å². The summed E-state index contributed by atoms with van der Waals surface area (Å²) in [6.45, 7) is -0.0368. The molecular weight excluding hydrogens is 304 g/mol. The molecule has 0 spiro atoms. The van der Waals surface area contributed by atoms with E-state index in [1.165, 1.54) is 13.2 Å². The third-order valence-electron chi connectivity index (χ3n) is 3.21. The molecule has 0 heterocycles. The Morgan fingerprint density at radius 3 is 2.46 bits per heavy atom. The minimum Gasteiger partial charge on any atom is -0.496 e. The minimum atomic E-state index is -0.403. The van der Waals surface area contributed by atoms with E-state index >= 15 is 0 Å². The van der Waals surface area contributed by atoms with Crippen molar-refractivity contribution in [1.29, 1.82) is 10.5 Å². The average molecular weight is 318 g/mol. The monoisotopic (exact) mass is 318 g/mol. The first-order valence-corrected chi connectivity index (χ1v) is 7.09. The fourth-order valence-electron chi connectivity index (χ4n) is 2.07. The van der Waals surface area contributed by atoms with Gasteiger partial charge in [0.05, 0.1) is 12.7 Å². The third-order valence-corrected chi connectivity index (χ3v) is 3.21. The van der Waals surface area contributed by atoms with Gasteiger partial charge in [0.15, 0.2) is 6.61 Å². The van der Waals surface area contributed by atoms with Gasteiger partial charge in [0.25, 0.3) is 0 Å². The van der Waals surface area contributed by atoms with Crippen molar-refractivity contribution in [2.45, 2.75) is 0 Å². The second kappa shape index (κ2) is 8.17. The fraction of sp³-hybridized carbons (Fsp3) is 0.105. The molecule has 0 N–H and O–H groups in total. The Kier molecular flexibility index (Phi) is 5.71. The molecule has 2 aromatic rings. The van der Waals surface area contributed by atoms with Gasteiger partial charge in [0, 0.05) is 0 Å². The lowest BCUT2D eigenvalue weighted by Crippen LogP contribution is -2.04. The maximum absolute atomic E-state index is 12.5. The number of ether oxygens (including phenoxy) is 2. The number of methoxy groups -OCH3 is 1. The van der Waals surface area contributed by atoms with E-state index in [9.17, 15) is 10.1 Å². The van der Waals surface area contributed by atoms with Crippen molar-refractivity contribution in [3.8, 4) is 23.6 Å². The second-order valence-electron chi connectivity index (χ2n) is 4.72. The normalized spacial score (nSPS) is 10.4. The largest absolute Gasteiger partial charge is 0.496 e. The zero-order valence-corrected chi connectivity index (χ0v) is 13.0. The predicted octanol–water partition coefficient (Wildman–Crippen LogP) is 3.39. The summed E-state index contributed by atoms with van der Waals surface area (Å²) in [4.78, 5) is 12.5. The Morgan fingerprint density at radius 2 is 1.83 bits per heavy atom. The maximum atomic E-state index is 12.5. The maximum Gasteiger partial charge on any atom is 0.207 e. The van der Waals surface area contributed by atoms with E-state index in [4.69, 9.17) is 14.7 Å². The highest BCUT2D eigenvalue weighted by Gasteiger charge is 2.16. The molecule has 5 nitrogen and oxygen atoms in total. The van der Waals surface area contributed by atoms with Crippen molar-refractivity contribution >= 4 is 11.9 Å². The number of ketones is 1. The van der Waals surface area contributed by atoms with Crippen LogP contribution in [-0.4, -0.2) is 19.5 Å². The minimum absolute atomic E-state index is 0.00481. The van der Waals surface area contributed by atoms with Gasteiger partial charge in [-0.05, 0) is 35.9 Å². The summed E-state index contributed by atoms with van der Waals surface area (Å²) in [6.07, 6.45) is 1.50. The molecule has 5 heteroatoms. The van der Waals surface area contributed by atoms with Gasteiger partial charge in [0.2, 0.25) is 5.78 Å². The van der Waals surface area contributed by atoms with Crippen LogP contribution in [0.2, 0.25) is 0 Å². The van der Waals surface area contributed by atoms with Gasteiger partial charge in [-0.15, -0.1) is 0 Å². The van der Waals surface area contributed by atoms with Crippen molar-refractivity contribution in [1.82, 2.24) is 0 Å². The number of Topliss-reactive ketones (excluding diaryl/α,β-unsaturated/α-hetero) is 1. The molecule has 0 saturated carbocycles. The molecule has 0 radical (unpaired) electrons. The van der Waals surface area contributed by atoms with E-state index in [1.807, 2.05) is 12.1 Å². The number of carbonyl (C=O) groups excluding carboxylic acids is 1. The van der Waals surface area contributed by atoms with Crippen LogP contribution in [0.4, 0.5) is 0 Å². The lowest BCUT2D eigenvalue weighted by atomic mass is 10.0. The Hall–Kier alpha value is -3.57. The van der Waals surface area contributed by atoms with E-state index in [0.717, 1.165) is 0 Å². The van der Waals surface area contributed by atoms with E-state index in [2.05, 4.69) is 0 Å². The number of hydrogen-bond acceptors (Lipinski definition) is 5. The van der Waals surface area contributed by atoms with Crippen molar-refractivity contribution in [2.75, 3.05) is 13.7 Å². The standard InChI is InChI=1S/C19H14N2O3/c1-23-18-5-3-2-4-17(18)19(22)15(13-21)12-14-6-8-16(9-7-14)24-11-10-20/h2-9,12H,11H2,1H3/b15-12+. The predicted molar refractivity (Wildman–Crippen MR) is 88.5 cm³/mol. The zero-order valence-electron chi connectivity index (χ0n) is 13.0. The Morgan fingerprint density at radius 1 is 1.12 bits per heavy atom. The van der Waals surface area contributed by atoms with Gasteiger partial charge in [-0.3, -0.25) is 4.79 Å². The van der Waals surface area contributed by atoms with E-state index in [-0.39, 0.29) is 12.2 Å². The molecule has 2 aromatic carbocycles. The van der Waals surface area contributed by atoms with E-state index in [0.29, 0.717) is 22.6 Å². The number of nitrogens with zero attached hydrogens (tertiary/aromatic N) is 2.